The summed E-state index contributed by atoms with van der Waals surface area (Å²) in [5.74, 6) is 0. The first-order chi connectivity index (χ1) is 2.77. The number of rotatable bonds is 2. The van der Waals surface area contributed by atoms with E-state index in [0.717, 1.165) is 15.9 Å². The van der Waals surface area contributed by atoms with E-state index in [-0.39, 0.29) is 0 Å². The minimum Gasteiger partial charge on any atom is -0.0898 e. The molecule has 0 unspecified atom stereocenters. The first kappa shape index (κ1) is 6.76. The minimum atomic E-state index is 0.754. The van der Waals surface area contributed by atoms with Crippen LogP contribution in [0.4, 0.5) is 0 Å². The Morgan fingerprint density at radius 3 is 2.33 bits per heavy atom. The Morgan fingerprint density at radius 2 is 2.33 bits per heavy atom. The third-order valence-electron chi connectivity index (χ3n) is 0.366. The second-order valence-corrected chi connectivity index (χ2v) is 2.57. The smallest absolute Gasteiger partial charge is 0.0116 e. The highest BCUT2D eigenvalue weighted by molar-refractivity contribution is 14.1. The molecule has 0 bridgehead atoms. The van der Waals surface area contributed by atoms with Crippen LogP contribution in [0.3, 0.4) is 0 Å². The first-order valence-corrected chi connectivity index (χ1v) is 3.57. The summed E-state index contributed by atoms with van der Waals surface area (Å²) in [7, 11) is 0. The molecule has 0 aromatic carbocycles. The maximum absolute atomic E-state index is 5.38. The van der Waals surface area contributed by atoms with Gasteiger partial charge in [0.15, 0.2) is 0 Å². The van der Waals surface area contributed by atoms with Crippen molar-refractivity contribution in [3.63, 3.8) is 0 Å². The standard InChI is InChI=1S/C4H6ClI/c1-4(5)2-3-6/h1-3H2. The van der Waals surface area contributed by atoms with E-state index >= 15 is 0 Å². The topological polar surface area (TPSA) is 0 Å². The van der Waals surface area contributed by atoms with E-state index in [2.05, 4.69) is 29.2 Å². The summed E-state index contributed by atoms with van der Waals surface area (Å²) >= 11 is 7.64. The zero-order chi connectivity index (χ0) is 4.99. The normalized spacial score (nSPS) is 8.33. The van der Waals surface area contributed by atoms with Gasteiger partial charge in [-0.1, -0.05) is 40.8 Å². The Hall–Kier alpha value is 0.760. The lowest BCUT2D eigenvalue weighted by Crippen LogP contribution is -1.67. The molecule has 0 atom stereocenters. The van der Waals surface area contributed by atoms with Crippen LogP contribution in [0.25, 0.3) is 0 Å². The van der Waals surface area contributed by atoms with Crippen molar-refractivity contribution in [3.8, 4) is 0 Å². The molecule has 0 aromatic heterocycles. The van der Waals surface area contributed by atoms with E-state index in [4.69, 9.17) is 11.6 Å². The van der Waals surface area contributed by atoms with Crippen LogP contribution in [-0.2, 0) is 0 Å². The summed E-state index contributed by atoms with van der Waals surface area (Å²) in [5, 5.41) is 0.754. The van der Waals surface area contributed by atoms with E-state index in [1.54, 1.807) is 0 Å². The van der Waals surface area contributed by atoms with Crippen LogP contribution in [0.1, 0.15) is 6.42 Å². The van der Waals surface area contributed by atoms with Gasteiger partial charge in [-0.25, -0.2) is 0 Å². The molecule has 0 aliphatic heterocycles. The second-order valence-electron chi connectivity index (χ2n) is 0.956. The summed E-state index contributed by atoms with van der Waals surface area (Å²) in [6, 6.07) is 0. The number of halogens is 2. The molecule has 0 spiro atoms. The van der Waals surface area contributed by atoms with Gasteiger partial charge in [0.25, 0.3) is 0 Å². The van der Waals surface area contributed by atoms with Crippen LogP contribution in [0.5, 0.6) is 0 Å². The van der Waals surface area contributed by atoms with Crippen molar-refractivity contribution in [1.82, 2.24) is 0 Å². The summed E-state index contributed by atoms with van der Waals surface area (Å²) in [4.78, 5) is 0. The van der Waals surface area contributed by atoms with Crippen molar-refractivity contribution in [2.45, 2.75) is 6.42 Å². The van der Waals surface area contributed by atoms with E-state index < -0.39 is 0 Å². The fourth-order valence-corrected chi connectivity index (χ4v) is 1.17. The van der Waals surface area contributed by atoms with Crippen molar-refractivity contribution in [3.05, 3.63) is 11.6 Å². The molecule has 0 saturated carbocycles. The van der Waals surface area contributed by atoms with Crippen LogP contribution in [0.2, 0.25) is 0 Å². The molecule has 0 amide bonds. The van der Waals surface area contributed by atoms with Crippen molar-refractivity contribution in [1.29, 1.82) is 0 Å². The summed E-state index contributed by atoms with van der Waals surface area (Å²) in [5.41, 5.74) is 0. The predicted octanol–water partition coefficient (Wildman–Crippen LogP) is 2.56. The van der Waals surface area contributed by atoms with E-state index in [1.165, 1.54) is 0 Å². The number of hydrogen-bond donors (Lipinski definition) is 0. The zero-order valence-electron chi connectivity index (χ0n) is 3.38. The first-order valence-electron chi connectivity index (χ1n) is 1.66. The van der Waals surface area contributed by atoms with Gasteiger partial charge >= 0.3 is 0 Å². The van der Waals surface area contributed by atoms with E-state index in [0.29, 0.717) is 0 Å². The maximum Gasteiger partial charge on any atom is 0.0116 e. The van der Waals surface area contributed by atoms with Crippen molar-refractivity contribution in [2.24, 2.45) is 0 Å². The highest BCUT2D eigenvalue weighted by Crippen LogP contribution is 2.03. The Morgan fingerprint density at radius 1 is 1.83 bits per heavy atom. The average molecular weight is 216 g/mol. The van der Waals surface area contributed by atoms with Gasteiger partial charge < -0.3 is 0 Å². The van der Waals surface area contributed by atoms with Crippen LogP contribution in [0.15, 0.2) is 11.6 Å². The molecule has 0 aromatic rings. The van der Waals surface area contributed by atoms with E-state index in [9.17, 15) is 0 Å². The minimum absolute atomic E-state index is 0.754. The number of alkyl halides is 1. The molecule has 0 rings (SSSR count). The monoisotopic (exact) mass is 216 g/mol. The van der Waals surface area contributed by atoms with Crippen molar-refractivity contribution < 1.29 is 0 Å². The summed E-state index contributed by atoms with van der Waals surface area (Å²) in [6.07, 6.45) is 0.933. The quantitative estimate of drug-likeness (QED) is 0.492. The number of allylic oxidation sites excluding steroid dienone is 1. The molecule has 6 heavy (non-hydrogen) atoms. The number of hydrogen-bond acceptors (Lipinski definition) is 0. The zero-order valence-corrected chi connectivity index (χ0v) is 6.29. The average Bonchev–Trinajstić information content (AvgIpc) is 1.35. The molecular formula is C4H6ClI. The van der Waals surface area contributed by atoms with E-state index in [1.807, 2.05) is 0 Å². The highest BCUT2D eigenvalue weighted by atomic mass is 127. The molecular weight excluding hydrogens is 210 g/mol. The molecule has 0 nitrogen and oxygen atoms in total. The molecule has 0 N–H and O–H groups in total. The summed E-state index contributed by atoms with van der Waals surface area (Å²) < 4.78 is 1.07. The van der Waals surface area contributed by atoms with Gasteiger partial charge in [0, 0.05) is 9.46 Å². The van der Waals surface area contributed by atoms with Gasteiger partial charge in [0.1, 0.15) is 0 Å². The van der Waals surface area contributed by atoms with Gasteiger partial charge in [-0.15, -0.1) is 0 Å². The van der Waals surface area contributed by atoms with Gasteiger partial charge in [0.2, 0.25) is 0 Å². The maximum atomic E-state index is 5.38. The van der Waals surface area contributed by atoms with Gasteiger partial charge in [-0.05, 0) is 6.42 Å². The van der Waals surface area contributed by atoms with Gasteiger partial charge in [-0.3, -0.25) is 0 Å². The third kappa shape index (κ3) is 4.76. The SMILES string of the molecule is C=C(Cl)CCI. The van der Waals surface area contributed by atoms with Crippen LogP contribution < -0.4 is 0 Å². The predicted molar refractivity (Wildman–Crippen MR) is 38.5 cm³/mol. The van der Waals surface area contributed by atoms with Crippen LogP contribution in [0, 0.1) is 0 Å². The van der Waals surface area contributed by atoms with Gasteiger partial charge in [0.05, 0.1) is 0 Å². The highest BCUT2D eigenvalue weighted by Gasteiger charge is 1.80. The lowest BCUT2D eigenvalue weighted by Gasteiger charge is -1.83. The lowest BCUT2D eigenvalue weighted by molar-refractivity contribution is 1.25. The molecule has 0 radical (unpaired) electrons. The fourth-order valence-electron chi connectivity index (χ4n) is 0.103. The van der Waals surface area contributed by atoms with Crippen molar-refractivity contribution in [2.75, 3.05) is 4.43 Å². The Labute approximate surface area is 56.7 Å². The molecule has 36 valence electrons. The van der Waals surface area contributed by atoms with Crippen molar-refractivity contribution >= 4 is 34.2 Å². The molecule has 2 heteroatoms. The van der Waals surface area contributed by atoms with Gasteiger partial charge in [-0.2, -0.15) is 0 Å². The molecule has 0 heterocycles. The Bertz CT molecular complexity index is 51.5. The Kier molecular flexibility index (Phi) is 4.43. The fraction of sp³-hybridized carbons (Fsp3) is 0.500. The Balaban J connectivity index is 2.83. The largest absolute Gasteiger partial charge is 0.0898 e. The van der Waals surface area contributed by atoms with Crippen LogP contribution in [-0.4, -0.2) is 4.43 Å². The molecule has 0 saturated heterocycles. The molecule has 0 aliphatic rings. The summed E-state index contributed by atoms with van der Waals surface area (Å²) in [6.45, 7) is 3.51. The lowest BCUT2D eigenvalue weighted by atomic mass is 10.5. The second kappa shape index (κ2) is 3.93. The third-order valence-corrected chi connectivity index (χ3v) is 1.09. The van der Waals surface area contributed by atoms with Crippen LogP contribution >= 0.6 is 34.2 Å². The molecule has 0 fully saturated rings. The molecule has 0 aliphatic carbocycles.